The van der Waals surface area contributed by atoms with Crippen LogP contribution in [0.2, 0.25) is 0 Å². The molecular formula is C20H18I3N5O2. The number of alkyl halides is 3. The highest BCUT2D eigenvalue weighted by Gasteiger charge is 2.18. The predicted octanol–water partition coefficient (Wildman–Crippen LogP) is 5.51. The van der Waals surface area contributed by atoms with Gasteiger partial charge >= 0.3 is 0 Å². The third kappa shape index (κ3) is 5.43. The number of aromatic amines is 1. The molecule has 3 aromatic rings. The molecule has 3 rings (SSSR count). The Balaban J connectivity index is 1.95. The summed E-state index contributed by atoms with van der Waals surface area (Å²) in [5.74, 6) is 0.0254. The van der Waals surface area contributed by atoms with Crippen LogP contribution in [-0.2, 0) is 13.3 Å². The van der Waals surface area contributed by atoms with Crippen LogP contribution in [0.5, 0.6) is 5.75 Å². The number of halogens is 3. The standard InChI is InChI=1S/C20H18I3N5O2/c21-7-11-2-1-3-14(5-11)26-20-17(18(24)30)19(27-28-20)25-10-15-13(9-23)4-12(8-22)6-16(15)29/h1-6,10,29H,7-9H2,(H2,24,30)(H2,26,27,28). The topological polar surface area (TPSA) is 116 Å². The van der Waals surface area contributed by atoms with Crippen molar-refractivity contribution in [1.82, 2.24) is 10.2 Å². The van der Waals surface area contributed by atoms with Crippen molar-refractivity contribution in [3.8, 4) is 5.75 Å². The molecule has 0 aliphatic rings. The first-order valence-electron chi connectivity index (χ1n) is 8.77. The SMILES string of the molecule is NC(=O)c1c(N=Cc2c(O)cc(CI)cc2CI)n[nH]c1Nc1cccc(CI)c1. The van der Waals surface area contributed by atoms with Gasteiger partial charge in [0.15, 0.2) is 5.82 Å². The van der Waals surface area contributed by atoms with Crippen LogP contribution in [0.3, 0.4) is 0 Å². The summed E-state index contributed by atoms with van der Waals surface area (Å²) in [5.41, 5.74) is 10.3. The Labute approximate surface area is 214 Å². The summed E-state index contributed by atoms with van der Waals surface area (Å²) in [7, 11) is 0. The minimum absolute atomic E-state index is 0.143. The lowest BCUT2D eigenvalue weighted by Gasteiger charge is -2.08. The summed E-state index contributed by atoms with van der Waals surface area (Å²) < 4.78 is 2.37. The largest absolute Gasteiger partial charge is 0.507 e. The quantitative estimate of drug-likeness (QED) is 0.139. The van der Waals surface area contributed by atoms with Crippen molar-refractivity contribution < 1.29 is 9.90 Å². The number of amides is 1. The Morgan fingerprint density at radius 1 is 1.17 bits per heavy atom. The number of aliphatic imine (C=N–C) groups is 1. The van der Waals surface area contributed by atoms with E-state index in [9.17, 15) is 9.90 Å². The summed E-state index contributed by atoms with van der Waals surface area (Å²) in [5, 5.41) is 20.5. The Hall–Kier alpha value is -1.42. The molecule has 1 heterocycles. The Kier molecular flexibility index (Phi) is 8.33. The summed E-state index contributed by atoms with van der Waals surface area (Å²) >= 11 is 6.78. The molecule has 0 saturated carbocycles. The molecule has 0 spiro atoms. The second-order valence-electron chi connectivity index (χ2n) is 6.33. The maximum atomic E-state index is 12.1. The summed E-state index contributed by atoms with van der Waals surface area (Å²) in [6.45, 7) is 0. The Morgan fingerprint density at radius 2 is 1.93 bits per heavy atom. The average molecular weight is 741 g/mol. The number of nitrogens with one attached hydrogen (secondary N) is 2. The summed E-state index contributed by atoms with van der Waals surface area (Å²) in [6.07, 6.45) is 1.52. The van der Waals surface area contributed by atoms with Crippen molar-refractivity contribution in [3.63, 3.8) is 0 Å². The highest BCUT2D eigenvalue weighted by molar-refractivity contribution is 14.1. The first-order valence-corrected chi connectivity index (χ1v) is 13.3. The Bertz CT molecular complexity index is 1100. The van der Waals surface area contributed by atoms with Gasteiger partial charge in [0, 0.05) is 30.7 Å². The number of hydrogen-bond donors (Lipinski definition) is 4. The fourth-order valence-corrected chi connectivity index (χ4v) is 4.40. The van der Waals surface area contributed by atoms with E-state index in [0.717, 1.165) is 31.2 Å². The second kappa shape index (κ2) is 10.7. The van der Waals surface area contributed by atoms with Crippen LogP contribution in [0.25, 0.3) is 0 Å². The molecule has 30 heavy (non-hydrogen) atoms. The zero-order valence-corrected chi connectivity index (χ0v) is 22.1. The maximum Gasteiger partial charge on any atom is 0.256 e. The van der Waals surface area contributed by atoms with Gasteiger partial charge in [0.25, 0.3) is 5.91 Å². The van der Waals surface area contributed by atoms with Gasteiger partial charge in [-0.3, -0.25) is 9.89 Å². The van der Waals surface area contributed by atoms with Crippen LogP contribution in [0.1, 0.15) is 32.6 Å². The van der Waals surface area contributed by atoms with Crippen molar-refractivity contribution >= 4 is 97.2 Å². The summed E-state index contributed by atoms with van der Waals surface area (Å²) in [4.78, 5) is 16.4. The predicted molar refractivity (Wildman–Crippen MR) is 145 cm³/mol. The second-order valence-corrected chi connectivity index (χ2v) is 8.62. The molecule has 0 fully saturated rings. The molecule has 156 valence electrons. The number of carbonyl (C=O) groups is 1. The Morgan fingerprint density at radius 3 is 2.60 bits per heavy atom. The van der Waals surface area contributed by atoms with E-state index in [1.807, 2.05) is 30.3 Å². The van der Waals surface area contributed by atoms with Crippen LogP contribution >= 0.6 is 67.8 Å². The summed E-state index contributed by atoms with van der Waals surface area (Å²) in [6, 6.07) is 11.6. The van der Waals surface area contributed by atoms with E-state index < -0.39 is 5.91 Å². The van der Waals surface area contributed by atoms with Crippen LogP contribution in [0, 0.1) is 0 Å². The monoisotopic (exact) mass is 741 g/mol. The van der Waals surface area contributed by atoms with E-state index in [-0.39, 0.29) is 17.1 Å². The zero-order valence-electron chi connectivity index (χ0n) is 15.6. The lowest BCUT2D eigenvalue weighted by molar-refractivity contribution is 0.100. The van der Waals surface area contributed by atoms with Gasteiger partial charge in [-0.1, -0.05) is 86.0 Å². The van der Waals surface area contributed by atoms with Crippen LogP contribution in [-0.4, -0.2) is 27.4 Å². The number of aromatic hydroxyl groups is 1. The number of primary amides is 1. The van der Waals surface area contributed by atoms with E-state index in [2.05, 4.69) is 88.3 Å². The van der Waals surface area contributed by atoms with E-state index in [0.29, 0.717) is 15.8 Å². The fourth-order valence-electron chi connectivity index (χ4n) is 2.85. The molecule has 7 nitrogen and oxygen atoms in total. The molecule has 0 atom stereocenters. The van der Waals surface area contributed by atoms with Gasteiger partial charge < -0.3 is 16.2 Å². The molecular weight excluding hydrogens is 723 g/mol. The smallest absolute Gasteiger partial charge is 0.256 e. The third-order valence-corrected chi connectivity index (χ3v) is 6.85. The molecule has 10 heteroatoms. The number of carbonyl (C=O) groups excluding carboxylic acids is 1. The van der Waals surface area contributed by atoms with Gasteiger partial charge in [0.2, 0.25) is 0 Å². The number of phenols is 1. The van der Waals surface area contributed by atoms with Gasteiger partial charge in [0.05, 0.1) is 0 Å². The number of hydrogen-bond acceptors (Lipinski definition) is 5. The first kappa shape index (κ1) is 23.2. The van der Waals surface area contributed by atoms with E-state index in [1.54, 1.807) is 6.07 Å². The number of H-pyrrole nitrogens is 1. The fraction of sp³-hybridized carbons (Fsp3) is 0.150. The van der Waals surface area contributed by atoms with Crippen LogP contribution in [0.4, 0.5) is 17.3 Å². The van der Waals surface area contributed by atoms with Crippen molar-refractivity contribution in [1.29, 1.82) is 0 Å². The minimum atomic E-state index is -0.651. The van der Waals surface area contributed by atoms with Crippen molar-refractivity contribution in [2.24, 2.45) is 10.7 Å². The average Bonchev–Trinajstić information content (AvgIpc) is 3.14. The maximum absolute atomic E-state index is 12.1. The molecule has 0 unspecified atom stereocenters. The highest BCUT2D eigenvalue weighted by Crippen LogP contribution is 2.29. The third-order valence-electron chi connectivity index (χ3n) is 4.26. The van der Waals surface area contributed by atoms with Crippen LogP contribution in [0.15, 0.2) is 41.4 Å². The van der Waals surface area contributed by atoms with Gasteiger partial charge in [0.1, 0.15) is 17.1 Å². The number of aromatic nitrogens is 2. The van der Waals surface area contributed by atoms with Crippen LogP contribution < -0.4 is 11.1 Å². The molecule has 0 bridgehead atoms. The lowest BCUT2D eigenvalue weighted by atomic mass is 10.1. The number of anilines is 2. The van der Waals surface area contributed by atoms with Crippen molar-refractivity contribution in [2.75, 3.05) is 5.32 Å². The highest BCUT2D eigenvalue weighted by atomic mass is 127. The number of nitrogens with two attached hydrogens (primary N) is 1. The normalized spacial score (nSPS) is 11.2. The molecule has 0 saturated heterocycles. The first-order chi connectivity index (χ1) is 14.5. The van der Waals surface area contributed by atoms with E-state index >= 15 is 0 Å². The number of benzene rings is 2. The molecule has 0 radical (unpaired) electrons. The molecule has 2 aromatic carbocycles. The lowest BCUT2D eigenvalue weighted by Crippen LogP contribution is -2.12. The van der Waals surface area contributed by atoms with Crippen molar-refractivity contribution in [2.45, 2.75) is 13.3 Å². The number of phenolic OH excluding ortho intramolecular Hbond substituents is 1. The van der Waals surface area contributed by atoms with Gasteiger partial charge in [-0.05, 0) is 34.9 Å². The number of rotatable bonds is 8. The zero-order chi connectivity index (χ0) is 21.7. The molecule has 1 amide bonds. The molecule has 1 aromatic heterocycles. The van der Waals surface area contributed by atoms with E-state index in [4.69, 9.17) is 5.73 Å². The van der Waals surface area contributed by atoms with Gasteiger partial charge in [-0.25, -0.2) is 4.99 Å². The van der Waals surface area contributed by atoms with Crippen molar-refractivity contribution in [3.05, 3.63) is 64.2 Å². The molecule has 0 aliphatic heterocycles. The minimum Gasteiger partial charge on any atom is -0.507 e. The van der Waals surface area contributed by atoms with Gasteiger partial charge in [-0.15, -0.1) is 0 Å². The number of nitrogens with zero attached hydrogens (tertiary/aromatic N) is 2. The molecule has 5 N–H and O–H groups in total. The molecule has 0 aliphatic carbocycles. The van der Waals surface area contributed by atoms with E-state index in [1.165, 1.54) is 6.21 Å². The van der Waals surface area contributed by atoms with Gasteiger partial charge in [-0.2, -0.15) is 5.10 Å².